The van der Waals surface area contributed by atoms with Crippen molar-refractivity contribution >= 4 is 17.5 Å². The number of aromatic nitrogens is 1. The second kappa shape index (κ2) is 12.0. The number of halogens is 1. The average molecular weight is 469 g/mol. The van der Waals surface area contributed by atoms with Gasteiger partial charge >= 0.3 is 0 Å². The van der Waals surface area contributed by atoms with Crippen LogP contribution in [0, 0.1) is 5.92 Å². The van der Waals surface area contributed by atoms with Crippen molar-refractivity contribution in [1.82, 2.24) is 19.7 Å². The SMILES string of the molecule is CN(CCc1ccccn1)C(=O)CC[C@H]1CN(Cc2cccc(Cl)c2)CC[C@H]1N1CCCC1. The van der Waals surface area contributed by atoms with Gasteiger partial charge in [0.25, 0.3) is 0 Å². The number of rotatable bonds is 9. The monoisotopic (exact) mass is 468 g/mol. The van der Waals surface area contributed by atoms with E-state index < -0.39 is 0 Å². The van der Waals surface area contributed by atoms with Crippen molar-refractivity contribution in [1.29, 1.82) is 0 Å². The van der Waals surface area contributed by atoms with Crippen molar-refractivity contribution in [3.05, 3.63) is 64.9 Å². The van der Waals surface area contributed by atoms with Crippen LogP contribution in [0.25, 0.3) is 0 Å². The lowest BCUT2D eigenvalue weighted by atomic mass is 9.86. The van der Waals surface area contributed by atoms with Gasteiger partial charge in [-0.1, -0.05) is 29.8 Å². The Balaban J connectivity index is 1.32. The fourth-order valence-electron chi connectivity index (χ4n) is 5.42. The minimum absolute atomic E-state index is 0.248. The number of carbonyl (C=O) groups excluding carboxylic acids is 1. The fraction of sp³-hybridized carbons (Fsp3) is 0.556. The number of likely N-dealkylation sites (tertiary alicyclic amines) is 2. The molecule has 1 aromatic carbocycles. The van der Waals surface area contributed by atoms with Gasteiger partial charge in [0.05, 0.1) is 0 Å². The molecule has 6 heteroatoms. The molecule has 178 valence electrons. The zero-order valence-corrected chi connectivity index (χ0v) is 20.6. The van der Waals surface area contributed by atoms with Crippen LogP contribution >= 0.6 is 11.6 Å². The van der Waals surface area contributed by atoms with E-state index in [-0.39, 0.29) is 5.91 Å². The standard InChI is InChI=1S/C27H37ClN4O/c1-30(17-12-25-9-2-3-14-29-25)27(33)11-10-23-21-31(20-22-7-6-8-24(28)19-22)18-13-26(23)32-15-4-5-16-32/h2-3,6-9,14,19,23,26H,4-5,10-13,15-18,20-21H2,1H3/t23-,26+/m0/s1. The molecule has 0 saturated carbocycles. The summed E-state index contributed by atoms with van der Waals surface area (Å²) in [6.45, 7) is 6.25. The topological polar surface area (TPSA) is 39.7 Å². The molecule has 5 nitrogen and oxygen atoms in total. The third kappa shape index (κ3) is 7.02. The Labute approximate surface area is 203 Å². The highest BCUT2D eigenvalue weighted by molar-refractivity contribution is 6.30. The molecule has 0 bridgehead atoms. The Kier molecular flexibility index (Phi) is 8.76. The van der Waals surface area contributed by atoms with Gasteiger partial charge in [0, 0.05) is 62.5 Å². The van der Waals surface area contributed by atoms with Crippen LogP contribution in [-0.4, -0.2) is 71.4 Å². The van der Waals surface area contributed by atoms with E-state index >= 15 is 0 Å². The van der Waals surface area contributed by atoms with Crippen molar-refractivity contribution in [3.8, 4) is 0 Å². The molecule has 2 fully saturated rings. The number of piperidine rings is 1. The fourth-order valence-corrected chi connectivity index (χ4v) is 5.64. The highest BCUT2D eigenvalue weighted by atomic mass is 35.5. The summed E-state index contributed by atoms with van der Waals surface area (Å²) >= 11 is 6.21. The lowest BCUT2D eigenvalue weighted by Gasteiger charge is -2.43. The third-order valence-corrected chi connectivity index (χ3v) is 7.50. The molecular weight excluding hydrogens is 432 g/mol. The lowest BCUT2D eigenvalue weighted by molar-refractivity contribution is -0.130. The Morgan fingerprint density at radius 1 is 1.15 bits per heavy atom. The van der Waals surface area contributed by atoms with E-state index in [9.17, 15) is 4.79 Å². The maximum atomic E-state index is 12.9. The van der Waals surface area contributed by atoms with Crippen molar-refractivity contribution in [2.24, 2.45) is 5.92 Å². The summed E-state index contributed by atoms with van der Waals surface area (Å²) in [5.41, 5.74) is 2.31. The smallest absolute Gasteiger partial charge is 0.222 e. The number of hydrogen-bond donors (Lipinski definition) is 0. The number of amides is 1. The predicted octanol–water partition coefficient (Wildman–Crippen LogP) is 4.50. The third-order valence-electron chi connectivity index (χ3n) is 7.27. The number of carbonyl (C=O) groups is 1. The Morgan fingerprint density at radius 2 is 2.00 bits per heavy atom. The number of pyridine rings is 1. The molecule has 0 spiro atoms. The number of nitrogens with zero attached hydrogens (tertiary/aromatic N) is 4. The highest BCUT2D eigenvalue weighted by Gasteiger charge is 2.34. The Morgan fingerprint density at radius 3 is 2.76 bits per heavy atom. The van der Waals surface area contributed by atoms with Gasteiger partial charge in [0.2, 0.25) is 5.91 Å². The van der Waals surface area contributed by atoms with E-state index in [4.69, 9.17) is 11.6 Å². The quantitative estimate of drug-likeness (QED) is 0.543. The zero-order chi connectivity index (χ0) is 23.0. The van der Waals surface area contributed by atoms with E-state index in [0.717, 1.165) is 49.7 Å². The molecule has 2 aromatic rings. The number of benzene rings is 1. The van der Waals surface area contributed by atoms with E-state index in [1.54, 1.807) is 0 Å². The molecular formula is C27H37ClN4O. The van der Waals surface area contributed by atoms with Crippen LogP contribution in [0.3, 0.4) is 0 Å². The van der Waals surface area contributed by atoms with Crippen LogP contribution in [0.4, 0.5) is 0 Å². The van der Waals surface area contributed by atoms with Crippen LogP contribution in [0.2, 0.25) is 5.02 Å². The van der Waals surface area contributed by atoms with Gasteiger partial charge in [-0.15, -0.1) is 0 Å². The van der Waals surface area contributed by atoms with Gasteiger partial charge in [-0.2, -0.15) is 0 Å². The van der Waals surface area contributed by atoms with Crippen molar-refractivity contribution in [3.63, 3.8) is 0 Å². The molecule has 2 atom stereocenters. The minimum Gasteiger partial charge on any atom is -0.345 e. The van der Waals surface area contributed by atoms with E-state index in [2.05, 4.69) is 26.9 Å². The molecule has 2 aliphatic heterocycles. The van der Waals surface area contributed by atoms with E-state index in [1.165, 1.54) is 37.9 Å². The van der Waals surface area contributed by atoms with Crippen LogP contribution < -0.4 is 0 Å². The second-order valence-electron chi connectivity index (χ2n) is 9.65. The molecule has 0 aliphatic carbocycles. The maximum Gasteiger partial charge on any atom is 0.222 e. The van der Waals surface area contributed by atoms with Gasteiger partial charge in [-0.3, -0.25) is 14.7 Å². The Hall–Kier alpha value is -1.95. The normalized spacial score (nSPS) is 21.9. The van der Waals surface area contributed by atoms with Gasteiger partial charge in [-0.05, 0) is 81.1 Å². The maximum absolute atomic E-state index is 12.9. The first-order valence-electron chi connectivity index (χ1n) is 12.4. The molecule has 2 aliphatic rings. The summed E-state index contributed by atoms with van der Waals surface area (Å²) in [6, 6.07) is 14.8. The predicted molar refractivity (Wildman–Crippen MR) is 134 cm³/mol. The molecule has 0 radical (unpaired) electrons. The van der Waals surface area contributed by atoms with Crippen LogP contribution in [0.15, 0.2) is 48.7 Å². The second-order valence-corrected chi connectivity index (χ2v) is 10.1. The van der Waals surface area contributed by atoms with Crippen LogP contribution in [0.5, 0.6) is 0 Å². The largest absolute Gasteiger partial charge is 0.345 e. The van der Waals surface area contributed by atoms with Gasteiger partial charge in [-0.25, -0.2) is 0 Å². The summed E-state index contributed by atoms with van der Waals surface area (Å²) in [6.07, 6.45) is 8.01. The average Bonchev–Trinajstić information content (AvgIpc) is 3.36. The first kappa shape index (κ1) is 24.2. The van der Waals surface area contributed by atoms with Crippen LogP contribution in [-0.2, 0) is 17.8 Å². The highest BCUT2D eigenvalue weighted by Crippen LogP contribution is 2.30. The molecule has 3 heterocycles. The summed E-state index contributed by atoms with van der Waals surface area (Å²) in [4.78, 5) is 24.4. The number of hydrogen-bond acceptors (Lipinski definition) is 4. The summed E-state index contributed by atoms with van der Waals surface area (Å²) < 4.78 is 0. The molecule has 33 heavy (non-hydrogen) atoms. The Bertz CT molecular complexity index is 887. The van der Waals surface area contributed by atoms with Crippen LogP contribution in [0.1, 0.15) is 43.4 Å². The van der Waals surface area contributed by atoms with Gasteiger partial charge in [0.1, 0.15) is 0 Å². The molecule has 2 saturated heterocycles. The number of likely N-dealkylation sites (N-methyl/N-ethyl adjacent to an activating group) is 1. The van der Waals surface area contributed by atoms with Crippen molar-refractivity contribution < 1.29 is 4.79 Å². The zero-order valence-electron chi connectivity index (χ0n) is 19.8. The first-order valence-corrected chi connectivity index (χ1v) is 12.8. The summed E-state index contributed by atoms with van der Waals surface area (Å²) in [5, 5.41) is 0.801. The first-order chi connectivity index (χ1) is 16.1. The van der Waals surface area contributed by atoms with Crippen molar-refractivity contribution in [2.45, 2.75) is 51.1 Å². The molecule has 1 amide bonds. The molecule has 1 aromatic heterocycles. The molecule has 0 N–H and O–H groups in total. The summed E-state index contributed by atoms with van der Waals surface area (Å²) in [5.74, 6) is 0.780. The molecule has 0 unspecified atom stereocenters. The van der Waals surface area contributed by atoms with Crippen molar-refractivity contribution in [2.75, 3.05) is 39.8 Å². The molecule has 4 rings (SSSR count). The van der Waals surface area contributed by atoms with Gasteiger partial charge < -0.3 is 9.80 Å². The van der Waals surface area contributed by atoms with E-state index in [1.807, 2.05) is 48.5 Å². The lowest BCUT2D eigenvalue weighted by Crippen LogP contribution is -2.50. The summed E-state index contributed by atoms with van der Waals surface area (Å²) in [7, 11) is 1.93. The van der Waals surface area contributed by atoms with E-state index in [0.29, 0.717) is 18.4 Å². The van der Waals surface area contributed by atoms with Gasteiger partial charge in [0.15, 0.2) is 0 Å². The minimum atomic E-state index is 0.248.